The standard InChI is InChI=1S/C8H15NO/c1-2-3-4-8-7-9-5-6-10-8/h4,9H,2-3,5-7H2,1H3. The van der Waals surface area contributed by atoms with E-state index in [0.717, 1.165) is 31.9 Å². The predicted octanol–water partition coefficient (Wildman–Crippen LogP) is 1.29. The zero-order valence-corrected chi connectivity index (χ0v) is 6.52. The van der Waals surface area contributed by atoms with E-state index in [-0.39, 0.29) is 0 Å². The third-order valence-corrected chi connectivity index (χ3v) is 1.53. The van der Waals surface area contributed by atoms with Crippen molar-refractivity contribution in [1.82, 2.24) is 5.32 Å². The average Bonchev–Trinajstić information content (AvgIpc) is 2.03. The van der Waals surface area contributed by atoms with Crippen LogP contribution in [0.4, 0.5) is 0 Å². The molecule has 1 aliphatic heterocycles. The first-order chi connectivity index (χ1) is 4.93. The van der Waals surface area contributed by atoms with Crippen molar-refractivity contribution in [1.29, 1.82) is 0 Å². The van der Waals surface area contributed by atoms with Gasteiger partial charge in [0, 0.05) is 6.54 Å². The number of nitrogens with one attached hydrogen (secondary N) is 1. The van der Waals surface area contributed by atoms with Crippen LogP contribution in [0, 0.1) is 0 Å². The van der Waals surface area contributed by atoms with Gasteiger partial charge in [0.05, 0.1) is 6.54 Å². The van der Waals surface area contributed by atoms with Gasteiger partial charge in [0.2, 0.25) is 0 Å². The van der Waals surface area contributed by atoms with Gasteiger partial charge >= 0.3 is 0 Å². The summed E-state index contributed by atoms with van der Waals surface area (Å²) in [5.41, 5.74) is 0. The number of hydrogen-bond donors (Lipinski definition) is 1. The minimum atomic E-state index is 0.829. The summed E-state index contributed by atoms with van der Waals surface area (Å²) in [5.74, 6) is 1.12. The van der Waals surface area contributed by atoms with Crippen molar-refractivity contribution in [2.75, 3.05) is 19.7 Å². The van der Waals surface area contributed by atoms with Crippen molar-refractivity contribution in [2.45, 2.75) is 19.8 Å². The Hall–Kier alpha value is -0.500. The molecule has 0 saturated carbocycles. The molecule has 10 heavy (non-hydrogen) atoms. The smallest absolute Gasteiger partial charge is 0.106 e. The Bertz CT molecular complexity index is 112. The van der Waals surface area contributed by atoms with Crippen molar-refractivity contribution in [3.05, 3.63) is 11.8 Å². The van der Waals surface area contributed by atoms with Gasteiger partial charge in [0.1, 0.15) is 12.4 Å². The van der Waals surface area contributed by atoms with Crippen molar-refractivity contribution in [2.24, 2.45) is 0 Å². The van der Waals surface area contributed by atoms with Crippen LogP contribution in [0.5, 0.6) is 0 Å². The molecule has 1 fully saturated rings. The monoisotopic (exact) mass is 141 g/mol. The Balaban J connectivity index is 2.23. The van der Waals surface area contributed by atoms with Crippen LogP contribution in [0.25, 0.3) is 0 Å². The van der Waals surface area contributed by atoms with E-state index in [1.807, 2.05) is 0 Å². The van der Waals surface area contributed by atoms with Crippen LogP contribution in [0.1, 0.15) is 19.8 Å². The molecule has 0 bridgehead atoms. The highest BCUT2D eigenvalue weighted by atomic mass is 16.5. The zero-order valence-electron chi connectivity index (χ0n) is 6.52. The lowest BCUT2D eigenvalue weighted by atomic mass is 10.3. The second-order valence-electron chi connectivity index (χ2n) is 2.48. The summed E-state index contributed by atoms with van der Waals surface area (Å²) in [6.45, 7) is 4.91. The number of ether oxygens (including phenoxy) is 1. The first kappa shape index (κ1) is 7.61. The van der Waals surface area contributed by atoms with Gasteiger partial charge in [-0.25, -0.2) is 0 Å². The van der Waals surface area contributed by atoms with E-state index in [0.29, 0.717) is 0 Å². The van der Waals surface area contributed by atoms with E-state index in [4.69, 9.17) is 4.74 Å². The average molecular weight is 141 g/mol. The fraction of sp³-hybridized carbons (Fsp3) is 0.750. The fourth-order valence-electron chi connectivity index (χ4n) is 0.953. The summed E-state index contributed by atoms with van der Waals surface area (Å²) in [7, 11) is 0. The van der Waals surface area contributed by atoms with Crippen LogP contribution in [-0.4, -0.2) is 19.7 Å². The topological polar surface area (TPSA) is 21.3 Å². The second-order valence-corrected chi connectivity index (χ2v) is 2.48. The summed E-state index contributed by atoms with van der Waals surface area (Å²) in [6.07, 6.45) is 4.51. The first-order valence-electron chi connectivity index (χ1n) is 3.96. The summed E-state index contributed by atoms with van der Waals surface area (Å²) in [5, 5.41) is 3.25. The van der Waals surface area contributed by atoms with Gasteiger partial charge in [0.25, 0.3) is 0 Å². The molecule has 0 aromatic carbocycles. The van der Waals surface area contributed by atoms with E-state index in [1.54, 1.807) is 0 Å². The molecule has 0 atom stereocenters. The minimum Gasteiger partial charge on any atom is -0.496 e. The highest BCUT2D eigenvalue weighted by Gasteiger charge is 2.02. The maximum Gasteiger partial charge on any atom is 0.106 e. The van der Waals surface area contributed by atoms with Crippen LogP contribution in [-0.2, 0) is 4.74 Å². The first-order valence-corrected chi connectivity index (χ1v) is 3.96. The summed E-state index contributed by atoms with van der Waals surface area (Å²) in [6, 6.07) is 0. The Morgan fingerprint density at radius 3 is 3.20 bits per heavy atom. The lowest BCUT2D eigenvalue weighted by Crippen LogP contribution is -2.29. The second kappa shape index (κ2) is 4.34. The molecule has 0 radical (unpaired) electrons. The molecule has 0 aromatic rings. The molecule has 2 nitrogen and oxygen atoms in total. The van der Waals surface area contributed by atoms with Crippen molar-refractivity contribution in [3.63, 3.8) is 0 Å². The molecule has 2 heteroatoms. The van der Waals surface area contributed by atoms with E-state index in [2.05, 4.69) is 18.3 Å². The molecule has 1 N–H and O–H groups in total. The summed E-state index contributed by atoms with van der Waals surface area (Å²) >= 11 is 0. The summed E-state index contributed by atoms with van der Waals surface area (Å²) in [4.78, 5) is 0. The zero-order chi connectivity index (χ0) is 7.23. The van der Waals surface area contributed by atoms with Crippen LogP contribution >= 0.6 is 0 Å². The molecule has 0 spiro atoms. The molecule has 0 unspecified atom stereocenters. The highest BCUT2D eigenvalue weighted by Crippen LogP contribution is 2.02. The lowest BCUT2D eigenvalue weighted by molar-refractivity contribution is 0.176. The van der Waals surface area contributed by atoms with Gasteiger partial charge in [-0.1, -0.05) is 13.3 Å². The van der Waals surface area contributed by atoms with Gasteiger partial charge in [-0.2, -0.15) is 0 Å². The fourth-order valence-corrected chi connectivity index (χ4v) is 0.953. The molecule has 1 rings (SSSR count). The van der Waals surface area contributed by atoms with Crippen molar-refractivity contribution >= 4 is 0 Å². The minimum absolute atomic E-state index is 0.829. The molecular formula is C8H15NO. The SMILES string of the molecule is CCCC=C1CNCCO1. The Labute approximate surface area is 62.3 Å². The highest BCUT2D eigenvalue weighted by molar-refractivity contribution is 4.97. The third-order valence-electron chi connectivity index (χ3n) is 1.53. The number of hydrogen-bond acceptors (Lipinski definition) is 2. The van der Waals surface area contributed by atoms with E-state index < -0.39 is 0 Å². The quantitative estimate of drug-likeness (QED) is 0.625. The van der Waals surface area contributed by atoms with Gasteiger partial charge in [-0.05, 0) is 12.5 Å². The Kier molecular flexibility index (Phi) is 3.30. The van der Waals surface area contributed by atoms with Gasteiger partial charge < -0.3 is 10.1 Å². The third kappa shape index (κ3) is 2.40. The van der Waals surface area contributed by atoms with Gasteiger partial charge in [-0.3, -0.25) is 0 Å². The Morgan fingerprint density at radius 2 is 2.60 bits per heavy atom. The maximum atomic E-state index is 5.38. The van der Waals surface area contributed by atoms with Crippen LogP contribution in [0.3, 0.4) is 0 Å². The molecule has 0 aromatic heterocycles. The predicted molar refractivity (Wildman–Crippen MR) is 41.8 cm³/mol. The molecule has 58 valence electrons. The molecule has 1 aliphatic rings. The van der Waals surface area contributed by atoms with Gasteiger partial charge in [-0.15, -0.1) is 0 Å². The van der Waals surface area contributed by atoms with E-state index in [9.17, 15) is 0 Å². The number of morpholine rings is 1. The number of unbranched alkanes of at least 4 members (excludes halogenated alkanes) is 1. The maximum absolute atomic E-state index is 5.38. The van der Waals surface area contributed by atoms with E-state index >= 15 is 0 Å². The normalized spacial score (nSPS) is 22.7. The number of rotatable bonds is 2. The molecule has 1 heterocycles. The molecule has 0 amide bonds. The van der Waals surface area contributed by atoms with E-state index in [1.165, 1.54) is 6.42 Å². The largest absolute Gasteiger partial charge is 0.496 e. The van der Waals surface area contributed by atoms with Crippen molar-refractivity contribution in [3.8, 4) is 0 Å². The lowest BCUT2D eigenvalue weighted by Gasteiger charge is -2.16. The summed E-state index contributed by atoms with van der Waals surface area (Å²) < 4.78 is 5.38. The Morgan fingerprint density at radius 1 is 1.70 bits per heavy atom. The molecular weight excluding hydrogens is 126 g/mol. The molecule has 0 aliphatic carbocycles. The van der Waals surface area contributed by atoms with Crippen LogP contribution < -0.4 is 5.32 Å². The number of allylic oxidation sites excluding steroid dienone is 1. The van der Waals surface area contributed by atoms with Crippen LogP contribution in [0.15, 0.2) is 11.8 Å². The van der Waals surface area contributed by atoms with Gasteiger partial charge in [0.15, 0.2) is 0 Å². The molecule has 1 saturated heterocycles. The van der Waals surface area contributed by atoms with Crippen LogP contribution in [0.2, 0.25) is 0 Å². The van der Waals surface area contributed by atoms with Crippen molar-refractivity contribution < 1.29 is 4.74 Å².